The smallest absolute Gasteiger partial charge is 0.255 e. The highest BCUT2D eigenvalue weighted by Crippen LogP contribution is 2.17. The Kier molecular flexibility index (Phi) is 5.95. The third kappa shape index (κ3) is 5.43. The first-order chi connectivity index (χ1) is 11.4. The second kappa shape index (κ2) is 8.15. The van der Waals surface area contributed by atoms with Gasteiger partial charge in [-0.3, -0.25) is 9.59 Å². The van der Waals surface area contributed by atoms with Crippen LogP contribution in [0.2, 0.25) is 0 Å². The molecular formula is C19H22N2O3. The molecule has 24 heavy (non-hydrogen) atoms. The normalized spacial score (nSPS) is 10.3. The van der Waals surface area contributed by atoms with E-state index in [1.54, 1.807) is 48.5 Å². The summed E-state index contributed by atoms with van der Waals surface area (Å²) in [5.41, 5.74) is 1.90. The molecule has 0 aromatic heterocycles. The van der Waals surface area contributed by atoms with Crippen LogP contribution < -0.4 is 15.4 Å². The molecule has 0 spiro atoms. The summed E-state index contributed by atoms with van der Waals surface area (Å²) in [6.45, 7) is 6.26. The summed E-state index contributed by atoms with van der Waals surface area (Å²) in [7, 11) is 0. The van der Waals surface area contributed by atoms with Gasteiger partial charge in [0.1, 0.15) is 5.75 Å². The molecule has 2 amide bonds. The van der Waals surface area contributed by atoms with E-state index < -0.39 is 0 Å². The molecule has 2 rings (SSSR count). The van der Waals surface area contributed by atoms with Gasteiger partial charge >= 0.3 is 0 Å². The van der Waals surface area contributed by atoms with Crippen molar-refractivity contribution in [2.24, 2.45) is 5.92 Å². The molecule has 5 heteroatoms. The fraction of sp³-hybridized carbons (Fsp3) is 0.263. The molecule has 0 heterocycles. The van der Waals surface area contributed by atoms with Crippen molar-refractivity contribution in [2.75, 3.05) is 17.2 Å². The average molecular weight is 326 g/mol. The molecule has 0 aliphatic carbocycles. The Bertz CT molecular complexity index is 692. The summed E-state index contributed by atoms with van der Waals surface area (Å²) in [5, 5.41) is 5.49. The highest BCUT2D eigenvalue weighted by molar-refractivity contribution is 6.04. The van der Waals surface area contributed by atoms with Crippen LogP contribution >= 0.6 is 0 Å². The zero-order chi connectivity index (χ0) is 17.5. The van der Waals surface area contributed by atoms with E-state index in [2.05, 4.69) is 24.5 Å². The molecule has 0 radical (unpaired) electrons. The Labute approximate surface area is 142 Å². The maximum atomic E-state index is 12.2. The highest BCUT2D eigenvalue weighted by Gasteiger charge is 2.07. The quantitative estimate of drug-likeness (QED) is 0.845. The van der Waals surface area contributed by atoms with Gasteiger partial charge in [0.25, 0.3) is 5.91 Å². The Morgan fingerprint density at radius 3 is 1.96 bits per heavy atom. The van der Waals surface area contributed by atoms with Crippen molar-refractivity contribution < 1.29 is 14.3 Å². The molecule has 0 bridgehead atoms. The number of carbonyl (C=O) groups excluding carboxylic acids is 2. The lowest BCUT2D eigenvalue weighted by Gasteiger charge is -2.10. The van der Waals surface area contributed by atoms with E-state index >= 15 is 0 Å². The minimum Gasteiger partial charge on any atom is -0.493 e. The van der Waals surface area contributed by atoms with Crippen molar-refractivity contribution in [3.8, 4) is 5.75 Å². The largest absolute Gasteiger partial charge is 0.493 e. The van der Waals surface area contributed by atoms with Gasteiger partial charge in [-0.05, 0) is 54.4 Å². The standard InChI is InChI=1S/C19H22N2O3/c1-13(2)12-24-18-10-4-15(5-11-18)19(23)21-17-8-6-16(7-9-17)20-14(3)22/h4-11,13H,12H2,1-3H3,(H,20,22)(H,21,23). The predicted molar refractivity (Wildman–Crippen MR) is 95.5 cm³/mol. The van der Waals surface area contributed by atoms with Gasteiger partial charge < -0.3 is 15.4 Å². The van der Waals surface area contributed by atoms with Gasteiger partial charge in [-0.2, -0.15) is 0 Å². The molecular weight excluding hydrogens is 304 g/mol. The van der Waals surface area contributed by atoms with Gasteiger partial charge in [-0.25, -0.2) is 0 Å². The van der Waals surface area contributed by atoms with Gasteiger partial charge in [-0.15, -0.1) is 0 Å². The van der Waals surface area contributed by atoms with E-state index in [0.29, 0.717) is 29.5 Å². The predicted octanol–water partition coefficient (Wildman–Crippen LogP) is 3.93. The van der Waals surface area contributed by atoms with Crippen molar-refractivity contribution in [2.45, 2.75) is 20.8 Å². The van der Waals surface area contributed by atoms with Crippen molar-refractivity contribution in [3.05, 3.63) is 54.1 Å². The van der Waals surface area contributed by atoms with Crippen LogP contribution in [0.3, 0.4) is 0 Å². The molecule has 0 unspecified atom stereocenters. The molecule has 0 aliphatic rings. The van der Waals surface area contributed by atoms with Crippen LogP contribution in [0.15, 0.2) is 48.5 Å². The molecule has 2 aromatic carbocycles. The minimum absolute atomic E-state index is 0.133. The van der Waals surface area contributed by atoms with Gasteiger partial charge in [0.2, 0.25) is 5.91 Å². The summed E-state index contributed by atoms with van der Waals surface area (Å²) in [5.74, 6) is 0.873. The summed E-state index contributed by atoms with van der Waals surface area (Å²) < 4.78 is 5.60. The zero-order valence-corrected chi connectivity index (χ0v) is 14.1. The molecule has 2 N–H and O–H groups in total. The SMILES string of the molecule is CC(=O)Nc1ccc(NC(=O)c2ccc(OCC(C)C)cc2)cc1. The first kappa shape index (κ1) is 17.5. The summed E-state index contributed by atoms with van der Waals surface area (Å²) >= 11 is 0. The van der Waals surface area contributed by atoms with Crippen LogP contribution in [0.4, 0.5) is 11.4 Å². The lowest BCUT2D eigenvalue weighted by Crippen LogP contribution is -2.12. The van der Waals surface area contributed by atoms with E-state index in [0.717, 1.165) is 5.75 Å². The van der Waals surface area contributed by atoms with E-state index in [1.165, 1.54) is 6.92 Å². The fourth-order valence-corrected chi connectivity index (χ4v) is 2.01. The van der Waals surface area contributed by atoms with Gasteiger partial charge in [0.05, 0.1) is 6.61 Å². The third-order valence-electron chi connectivity index (χ3n) is 3.16. The fourth-order valence-electron chi connectivity index (χ4n) is 2.01. The summed E-state index contributed by atoms with van der Waals surface area (Å²) in [6, 6.07) is 14.0. The summed E-state index contributed by atoms with van der Waals surface area (Å²) in [6.07, 6.45) is 0. The van der Waals surface area contributed by atoms with Crippen molar-refractivity contribution in [1.29, 1.82) is 0 Å². The van der Waals surface area contributed by atoms with Crippen LogP contribution in [0.1, 0.15) is 31.1 Å². The van der Waals surface area contributed by atoms with Gasteiger partial charge in [0, 0.05) is 23.9 Å². The van der Waals surface area contributed by atoms with Crippen molar-refractivity contribution in [3.63, 3.8) is 0 Å². The van der Waals surface area contributed by atoms with Gasteiger partial charge in [0.15, 0.2) is 0 Å². The Morgan fingerprint density at radius 1 is 0.917 bits per heavy atom. The summed E-state index contributed by atoms with van der Waals surface area (Å²) in [4.78, 5) is 23.2. The number of hydrogen-bond acceptors (Lipinski definition) is 3. The Morgan fingerprint density at radius 2 is 1.46 bits per heavy atom. The number of rotatable bonds is 6. The Hall–Kier alpha value is -2.82. The first-order valence-corrected chi connectivity index (χ1v) is 7.86. The minimum atomic E-state index is -0.197. The van der Waals surface area contributed by atoms with Crippen LogP contribution in [-0.2, 0) is 4.79 Å². The van der Waals surface area contributed by atoms with Crippen LogP contribution in [0.25, 0.3) is 0 Å². The number of ether oxygens (including phenoxy) is 1. The molecule has 0 saturated carbocycles. The topological polar surface area (TPSA) is 67.4 Å². The zero-order valence-electron chi connectivity index (χ0n) is 14.1. The van der Waals surface area contributed by atoms with Crippen LogP contribution in [0.5, 0.6) is 5.75 Å². The number of amides is 2. The van der Waals surface area contributed by atoms with Gasteiger partial charge in [-0.1, -0.05) is 13.8 Å². The molecule has 2 aromatic rings. The maximum absolute atomic E-state index is 12.2. The number of nitrogens with one attached hydrogen (secondary N) is 2. The van der Waals surface area contributed by atoms with Crippen LogP contribution in [0, 0.1) is 5.92 Å². The van der Waals surface area contributed by atoms with E-state index in [1.807, 2.05) is 0 Å². The molecule has 5 nitrogen and oxygen atoms in total. The number of anilines is 2. The van der Waals surface area contributed by atoms with E-state index in [-0.39, 0.29) is 11.8 Å². The second-order valence-corrected chi connectivity index (χ2v) is 5.94. The molecule has 0 fully saturated rings. The number of carbonyl (C=O) groups is 2. The molecule has 0 aliphatic heterocycles. The number of hydrogen-bond donors (Lipinski definition) is 2. The van der Waals surface area contributed by atoms with Crippen molar-refractivity contribution in [1.82, 2.24) is 0 Å². The highest BCUT2D eigenvalue weighted by atomic mass is 16.5. The van der Waals surface area contributed by atoms with Crippen LogP contribution in [-0.4, -0.2) is 18.4 Å². The lowest BCUT2D eigenvalue weighted by molar-refractivity contribution is -0.114. The number of benzene rings is 2. The Balaban J connectivity index is 1.95. The molecule has 126 valence electrons. The van der Waals surface area contributed by atoms with E-state index in [9.17, 15) is 9.59 Å². The molecule has 0 saturated heterocycles. The average Bonchev–Trinajstić information content (AvgIpc) is 2.54. The maximum Gasteiger partial charge on any atom is 0.255 e. The first-order valence-electron chi connectivity index (χ1n) is 7.86. The van der Waals surface area contributed by atoms with E-state index in [4.69, 9.17) is 4.74 Å². The monoisotopic (exact) mass is 326 g/mol. The van der Waals surface area contributed by atoms with Crippen molar-refractivity contribution >= 4 is 23.2 Å². The molecule has 0 atom stereocenters. The third-order valence-corrected chi connectivity index (χ3v) is 3.16. The lowest BCUT2D eigenvalue weighted by atomic mass is 10.2. The second-order valence-electron chi connectivity index (χ2n) is 5.94.